The number of nitrogens with one attached hydrogen (secondary N) is 3. The molecule has 10 nitrogen and oxygen atoms in total. The highest BCUT2D eigenvalue weighted by atomic mass is 35.5. The van der Waals surface area contributed by atoms with Crippen LogP contribution in [0.2, 0.25) is 5.02 Å². The number of nitrogens with zero attached hydrogens (tertiary/aromatic N) is 3. The van der Waals surface area contributed by atoms with Crippen molar-refractivity contribution in [1.29, 1.82) is 0 Å². The first kappa shape index (κ1) is 25.4. The molecule has 4 aromatic rings. The summed E-state index contributed by atoms with van der Waals surface area (Å²) in [5.74, 6) is -0.560. The summed E-state index contributed by atoms with van der Waals surface area (Å²) < 4.78 is 12.2. The van der Waals surface area contributed by atoms with E-state index in [9.17, 15) is 9.59 Å². The maximum absolute atomic E-state index is 13.0. The van der Waals surface area contributed by atoms with Crippen LogP contribution in [-0.2, 0) is 29.2 Å². The molecular formula is C25H27ClN6O4. The lowest BCUT2D eigenvalue weighted by atomic mass is 9.93. The molecule has 1 atom stereocenters. The van der Waals surface area contributed by atoms with E-state index in [1.807, 2.05) is 30.3 Å². The zero-order valence-electron chi connectivity index (χ0n) is 20.0. The summed E-state index contributed by atoms with van der Waals surface area (Å²) in [4.78, 5) is 25.0. The van der Waals surface area contributed by atoms with E-state index in [1.165, 1.54) is 12.3 Å². The van der Waals surface area contributed by atoms with Gasteiger partial charge in [0, 0.05) is 32.4 Å². The Bertz CT molecular complexity index is 1360. The molecule has 0 bridgehead atoms. The SMILES string of the molecule is COCc1n[nH]c(CNC(=O)c2cn[nH]c2C(COC)c2ccc(Cn3ccccc3=O)cc2)c1Cl. The standard InChI is InChI=1S/C25H27ClN6O4/c1-35-14-19(17-8-6-16(7-9-17)13-32-10-4-3-5-22(32)33)24-18(11-28-31-24)25(34)27-12-20-23(26)21(15-36-2)30-29-20/h3-11,19H,12-15H2,1-2H3,(H,27,34)(H,28,31)(H,29,30). The maximum Gasteiger partial charge on any atom is 0.255 e. The topological polar surface area (TPSA) is 127 Å². The highest BCUT2D eigenvalue weighted by Crippen LogP contribution is 2.27. The van der Waals surface area contributed by atoms with Gasteiger partial charge < -0.3 is 19.4 Å². The normalized spacial score (nSPS) is 12.0. The van der Waals surface area contributed by atoms with Gasteiger partial charge in [0.2, 0.25) is 0 Å². The number of aromatic amines is 2. The molecule has 3 N–H and O–H groups in total. The maximum atomic E-state index is 13.0. The predicted molar refractivity (Wildman–Crippen MR) is 134 cm³/mol. The molecule has 36 heavy (non-hydrogen) atoms. The Kier molecular flexibility index (Phi) is 8.32. The first-order valence-electron chi connectivity index (χ1n) is 11.3. The minimum absolute atomic E-state index is 0.0571. The van der Waals surface area contributed by atoms with E-state index < -0.39 is 0 Å². The number of carbonyl (C=O) groups excluding carboxylic acids is 1. The first-order valence-corrected chi connectivity index (χ1v) is 11.6. The van der Waals surface area contributed by atoms with Gasteiger partial charge in [0.25, 0.3) is 11.5 Å². The van der Waals surface area contributed by atoms with Gasteiger partial charge in [-0.05, 0) is 17.2 Å². The second-order valence-electron chi connectivity index (χ2n) is 8.19. The van der Waals surface area contributed by atoms with Crippen LogP contribution in [0.5, 0.6) is 0 Å². The van der Waals surface area contributed by atoms with Crippen LogP contribution in [0, 0.1) is 0 Å². The number of amides is 1. The van der Waals surface area contributed by atoms with Crippen molar-refractivity contribution in [2.45, 2.75) is 25.6 Å². The van der Waals surface area contributed by atoms with Gasteiger partial charge in [-0.15, -0.1) is 0 Å². The zero-order valence-corrected chi connectivity index (χ0v) is 20.7. The van der Waals surface area contributed by atoms with E-state index in [4.69, 9.17) is 21.1 Å². The fraction of sp³-hybridized carbons (Fsp3) is 0.280. The molecule has 0 spiro atoms. The Balaban J connectivity index is 1.49. The highest BCUT2D eigenvalue weighted by Gasteiger charge is 2.24. The fourth-order valence-electron chi connectivity index (χ4n) is 3.92. The summed E-state index contributed by atoms with van der Waals surface area (Å²) in [5.41, 5.74) is 4.08. The van der Waals surface area contributed by atoms with Crippen LogP contribution >= 0.6 is 11.6 Å². The molecule has 0 fully saturated rings. The smallest absolute Gasteiger partial charge is 0.255 e. The summed E-state index contributed by atoms with van der Waals surface area (Å²) in [6.07, 6.45) is 3.25. The number of rotatable bonds is 11. The summed E-state index contributed by atoms with van der Waals surface area (Å²) in [6, 6.07) is 12.9. The number of methoxy groups -OCH3 is 2. The van der Waals surface area contributed by atoms with E-state index in [2.05, 4.69) is 25.7 Å². The number of H-pyrrole nitrogens is 2. The van der Waals surface area contributed by atoms with Crippen molar-refractivity contribution >= 4 is 17.5 Å². The van der Waals surface area contributed by atoms with Crippen LogP contribution in [0.4, 0.5) is 0 Å². The van der Waals surface area contributed by atoms with Gasteiger partial charge in [-0.1, -0.05) is 41.9 Å². The molecule has 0 saturated heterocycles. The lowest BCUT2D eigenvalue weighted by Crippen LogP contribution is -2.25. The molecule has 4 rings (SSSR count). The minimum Gasteiger partial charge on any atom is -0.384 e. The van der Waals surface area contributed by atoms with Crippen molar-refractivity contribution < 1.29 is 14.3 Å². The van der Waals surface area contributed by atoms with Gasteiger partial charge in [0.05, 0.1) is 54.5 Å². The molecule has 1 amide bonds. The molecule has 3 heterocycles. The van der Waals surface area contributed by atoms with Crippen molar-refractivity contribution in [3.63, 3.8) is 0 Å². The van der Waals surface area contributed by atoms with E-state index in [1.54, 1.807) is 31.0 Å². The molecular weight excluding hydrogens is 484 g/mol. The lowest BCUT2D eigenvalue weighted by molar-refractivity contribution is 0.0948. The number of benzene rings is 1. The van der Waals surface area contributed by atoms with E-state index in [0.29, 0.717) is 40.8 Å². The van der Waals surface area contributed by atoms with Crippen LogP contribution < -0.4 is 10.9 Å². The number of carbonyl (C=O) groups is 1. The van der Waals surface area contributed by atoms with Crippen LogP contribution in [0.3, 0.4) is 0 Å². The van der Waals surface area contributed by atoms with Crippen LogP contribution in [0.15, 0.2) is 59.7 Å². The number of hydrogen-bond donors (Lipinski definition) is 3. The average molecular weight is 511 g/mol. The third-order valence-corrected chi connectivity index (χ3v) is 6.23. The molecule has 3 aromatic heterocycles. The molecule has 0 aliphatic heterocycles. The van der Waals surface area contributed by atoms with Gasteiger partial charge in [-0.25, -0.2) is 0 Å². The van der Waals surface area contributed by atoms with E-state index >= 15 is 0 Å². The Morgan fingerprint density at radius 3 is 2.67 bits per heavy atom. The summed E-state index contributed by atoms with van der Waals surface area (Å²) in [7, 11) is 3.17. The third-order valence-electron chi connectivity index (χ3n) is 5.78. The van der Waals surface area contributed by atoms with Gasteiger partial charge in [-0.2, -0.15) is 10.2 Å². The number of ether oxygens (including phenoxy) is 2. The van der Waals surface area contributed by atoms with Crippen molar-refractivity contribution in [3.8, 4) is 0 Å². The average Bonchev–Trinajstić information content (AvgIpc) is 3.51. The van der Waals surface area contributed by atoms with Crippen molar-refractivity contribution in [2.75, 3.05) is 20.8 Å². The highest BCUT2D eigenvalue weighted by molar-refractivity contribution is 6.31. The second-order valence-corrected chi connectivity index (χ2v) is 8.57. The Labute approximate surface area is 212 Å². The van der Waals surface area contributed by atoms with Gasteiger partial charge >= 0.3 is 0 Å². The monoisotopic (exact) mass is 510 g/mol. The van der Waals surface area contributed by atoms with Crippen molar-refractivity contribution in [3.05, 3.63) is 104 Å². The second kappa shape index (κ2) is 11.8. The molecule has 0 aliphatic rings. The number of hydrogen-bond acceptors (Lipinski definition) is 6. The summed E-state index contributed by atoms with van der Waals surface area (Å²) >= 11 is 6.31. The summed E-state index contributed by atoms with van der Waals surface area (Å²) in [6.45, 7) is 1.25. The van der Waals surface area contributed by atoms with Gasteiger partial charge in [-0.3, -0.25) is 19.8 Å². The third kappa shape index (κ3) is 5.73. The number of pyridine rings is 1. The quantitative estimate of drug-likeness (QED) is 0.285. The first-order chi connectivity index (χ1) is 17.5. The Morgan fingerprint density at radius 1 is 1.14 bits per heavy atom. The Morgan fingerprint density at radius 2 is 1.94 bits per heavy atom. The molecule has 0 aliphatic carbocycles. The Hall–Kier alpha value is -3.73. The zero-order chi connectivity index (χ0) is 25.5. The van der Waals surface area contributed by atoms with E-state index in [-0.39, 0.29) is 30.5 Å². The predicted octanol–water partition coefficient (Wildman–Crippen LogP) is 2.85. The van der Waals surface area contributed by atoms with E-state index in [0.717, 1.165) is 11.1 Å². The molecule has 0 saturated carbocycles. The molecule has 188 valence electrons. The number of halogens is 1. The molecule has 11 heteroatoms. The minimum atomic E-state index is -0.307. The summed E-state index contributed by atoms with van der Waals surface area (Å²) in [5, 5.41) is 17.3. The van der Waals surface area contributed by atoms with Gasteiger partial charge in [0.1, 0.15) is 5.69 Å². The molecule has 1 aromatic carbocycles. The van der Waals surface area contributed by atoms with Crippen molar-refractivity contribution in [1.82, 2.24) is 30.3 Å². The van der Waals surface area contributed by atoms with Crippen LogP contribution in [-0.4, -0.2) is 51.7 Å². The molecule has 1 unspecified atom stereocenters. The largest absolute Gasteiger partial charge is 0.384 e. The lowest BCUT2D eigenvalue weighted by Gasteiger charge is -2.17. The van der Waals surface area contributed by atoms with Crippen molar-refractivity contribution in [2.24, 2.45) is 0 Å². The van der Waals surface area contributed by atoms with Crippen LogP contribution in [0.25, 0.3) is 0 Å². The van der Waals surface area contributed by atoms with Crippen LogP contribution in [0.1, 0.15) is 44.5 Å². The van der Waals surface area contributed by atoms with Gasteiger partial charge in [0.15, 0.2) is 0 Å². The molecule has 0 radical (unpaired) electrons. The fourth-order valence-corrected chi connectivity index (χ4v) is 4.13. The number of aromatic nitrogens is 5.